The smallest absolute Gasteiger partial charge is 0.260 e. The first-order valence-electron chi connectivity index (χ1n) is 9.32. The first-order chi connectivity index (χ1) is 13.0. The molecule has 2 aliphatic rings. The number of rotatable bonds is 2. The zero-order valence-electron chi connectivity index (χ0n) is 15.2. The maximum Gasteiger partial charge on any atom is 0.260 e. The number of amides is 1. The summed E-state index contributed by atoms with van der Waals surface area (Å²) in [5.74, 6) is -0.0635. The average Bonchev–Trinajstić information content (AvgIpc) is 2.93. The summed E-state index contributed by atoms with van der Waals surface area (Å²) in [7, 11) is 0. The molecule has 1 aliphatic heterocycles. The fourth-order valence-corrected chi connectivity index (χ4v) is 4.67. The van der Waals surface area contributed by atoms with Gasteiger partial charge in [0.2, 0.25) is 0 Å². The number of aliphatic imine (C=N–C) groups is 1. The Balaban J connectivity index is 1.79. The molecule has 0 radical (unpaired) electrons. The minimum absolute atomic E-state index is 0.0635. The van der Waals surface area contributed by atoms with Crippen LogP contribution in [0, 0.1) is 6.92 Å². The predicted octanol–water partition coefficient (Wildman–Crippen LogP) is 5.58. The Hall–Kier alpha value is -2.04. The van der Waals surface area contributed by atoms with Crippen LogP contribution >= 0.6 is 23.8 Å². The topological polar surface area (TPSA) is 32.7 Å². The zero-order valence-corrected chi connectivity index (χ0v) is 16.8. The summed E-state index contributed by atoms with van der Waals surface area (Å²) >= 11 is 12.0. The van der Waals surface area contributed by atoms with Gasteiger partial charge in [-0.1, -0.05) is 60.1 Å². The van der Waals surface area contributed by atoms with E-state index in [1.165, 1.54) is 6.42 Å². The molecule has 2 aromatic carbocycles. The van der Waals surface area contributed by atoms with Crippen molar-refractivity contribution >= 4 is 40.4 Å². The van der Waals surface area contributed by atoms with Crippen molar-refractivity contribution < 1.29 is 4.79 Å². The standard InChI is InChI=1S/C22H21ClN2OS/c1-15-7-5-9-17(13-15)20(26)25-21(27)19(16-8-6-10-18(23)14-16)24-22(25)11-3-2-4-12-22/h5-10,13-14H,2-4,11-12H2,1H3. The SMILES string of the molecule is Cc1cccc(C(=O)N2C(=S)C(c3cccc(Cl)c3)=NC23CCCCC3)c1. The van der Waals surface area contributed by atoms with Crippen LogP contribution < -0.4 is 0 Å². The molecule has 5 heteroatoms. The molecule has 27 heavy (non-hydrogen) atoms. The van der Waals surface area contributed by atoms with E-state index in [0.717, 1.165) is 36.8 Å². The predicted molar refractivity (Wildman–Crippen MR) is 114 cm³/mol. The zero-order chi connectivity index (χ0) is 19.0. The van der Waals surface area contributed by atoms with Crippen LogP contribution in [-0.4, -0.2) is 27.2 Å². The molecule has 0 saturated heterocycles. The van der Waals surface area contributed by atoms with Crippen LogP contribution in [0.4, 0.5) is 0 Å². The molecule has 1 heterocycles. The van der Waals surface area contributed by atoms with Crippen LogP contribution in [0.2, 0.25) is 5.02 Å². The Morgan fingerprint density at radius 1 is 1.11 bits per heavy atom. The lowest BCUT2D eigenvalue weighted by molar-refractivity contribution is 0.0648. The van der Waals surface area contributed by atoms with Crippen LogP contribution in [0.15, 0.2) is 53.5 Å². The van der Waals surface area contributed by atoms with Gasteiger partial charge >= 0.3 is 0 Å². The van der Waals surface area contributed by atoms with E-state index in [9.17, 15) is 4.79 Å². The lowest BCUT2D eigenvalue weighted by atomic mass is 9.88. The molecule has 3 nitrogen and oxygen atoms in total. The third-order valence-electron chi connectivity index (χ3n) is 5.36. The van der Waals surface area contributed by atoms with Gasteiger partial charge in [0.1, 0.15) is 16.4 Å². The molecule has 4 rings (SSSR count). The number of nitrogens with zero attached hydrogens (tertiary/aromatic N) is 2. The number of halogens is 1. The first kappa shape index (κ1) is 18.3. The van der Waals surface area contributed by atoms with Gasteiger partial charge in [0, 0.05) is 16.1 Å². The second kappa shape index (κ2) is 7.17. The van der Waals surface area contributed by atoms with Gasteiger partial charge in [0.05, 0.1) is 0 Å². The van der Waals surface area contributed by atoms with Gasteiger partial charge < -0.3 is 0 Å². The maximum atomic E-state index is 13.5. The summed E-state index contributed by atoms with van der Waals surface area (Å²) < 4.78 is 0. The van der Waals surface area contributed by atoms with Gasteiger partial charge in [-0.25, -0.2) is 0 Å². The molecule has 0 unspecified atom stereocenters. The fourth-order valence-electron chi connectivity index (χ4n) is 4.07. The lowest BCUT2D eigenvalue weighted by Gasteiger charge is -2.38. The minimum atomic E-state index is -0.562. The number of hydrogen-bond acceptors (Lipinski definition) is 3. The van der Waals surface area contributed by atoms with Gasteiger partial charge in [0.25, 0.3) is 5.91 Å². The van der Waals surface area contributed by atoms with E-state index in [1.54, 1.807) is 4.90 Å². The quantitative estimate of drug-likeness (QED) is 0.620. The maximum absolute atomic E-state index is 13.5. The van der Waals surface area contributed by atoms with Crippen LogP contribution in [0.3, 0.4) is 0 Å². The van der Waals surface area contributed by atoms with Gasteiger partial charge in [-0.3, -0.25) is 14.7 Å². The monoisotopic (exact) mass is 396 g/mol. The highest BCUT2D eigenvalue weighted by Gasteiger charge is 2.48. The highest BCUT2D eigenvalue weighted by Crippen LogP contribution is 2.41. The largest absolute Gasteiger partial charge is 0.271 e. The minimum Gasteiger partial charge on any atom is -0.271 e. The summed E-state index contributed by atoms with van der Waals surface area (Å²) in [6.45, 7) is 1.99. The second-order valence-corrected chi connectivity index (χ2v) is 8.15. The van der Waals surface area contributed by atoms with Crippen molar-refractivity contribution in [3.63, 3.8) is 0 Å². The highest BCUT2D eigenvalue weighted by atomic mass is 35.5. The molecule has 1 spiro atoms. The van der Waals surface area contributed by atoms with Crippen LogP contribution in [0.25, 0.3) is 0 Å². The summed E-state index contributed by atoms with van der Waals surface area (Å²) in [5.41, 5.74) is 2.73. The molecule has 138 valence electrons. The molecule has 0 atom stereocenters. The number of thiocarbonyl (C=S) groups is 1. The highest BCUT2D eigenvalue weighted by molar-refractivity contribution is 7.82. The Morgan fingerprint density at radius 2 is 1.85 bits per heavy atom. The number of aryl methyl sites for hydroxylation is 1. The Labute approximate surface area is 170 Å². The second-order valence-electron chi connectivity index (χ2n) is 7.33. The van der Waals surface area contributed by atoms with Crippen molar-refractivity contribution in [3.8, 4) is 0 Å². The summed E-state index contributed by atoms with van der Waals surface area (Å²) in [4.78, 5) is 20.8. The Kier molecular flexibility index (Phi) is 4.87. The number of carbonyl (C=O) groups excluding carboxylic acids is 1. The van der Waals surface area contributed by atoms with Gasteiger partial charge in [-0.05, 0) is 56.9 Å². The normalized spacial score (nSPS) is 18.7. The van der Waals surface area contributed by atoms with Crippen molar-refractivity contribution in [1.82, 2.24) is 4.90 Å². The molecule has 1 fully saturated rings. The first-order valence-corrected chi connectivity index (χ1v) is 10.1. The van der Waals surface area contributed by atoms with Gasteiger partial charge in [-0.2, -0.15) is 0 Å². The van der Waals surface area contributed by atoms with E-state index in [4.69, 9.17) is 28.8 Å². The van der Waals surface area contributed by atoms with Crippen LogP contribution in [-0.2, 0) is 0 Å². The third-order valence-corrected chi connectivity index (χ3v) is 5.97. The number of benzene rings is 2. The van der Waals surface area contributed by atoms with Crippen LogP contribution in [0.5, 0.6) is 0 Å². The van der Waals surface area contributed by atoms with Crippen molar-refractivity contribution in [2.45, 2.75) is 44.7 Å². The van der Waals surface area contributed by atoms with E-state index in [2.05, 4.69) is 0 Å². The lowest BCUT2D eigenvalue weighted by Crippen LogP contribution is -2.50. The van der Waals surface area contributed by atoms with Crippen LogP contribution in [0.1, 0.15) is 53.6 Å². The molecule has 0 aromatic heterocycles. The third kappa shape index (κ3) is 3.32. The van der Waals surface area contributed by atoms with E-state index in [-0.39, 0.29) is 5.91 Å². The Bertz CT molecular complexity index is 947. The van der Waals surface area contributed by atoms with E-state index < -0.39 is 5.66 Å². The van der Waals surface area contributed by atoms with Crippen molar-refractivity contribution in [2.75, 3.05) is 0 Å². The molecule has 1 amide bonds. The van der Waals surface area contributed by atoms with Crippen molar-refractivity contribution in [3.05, 3.63) is 70.2 Å². The molecule has 2 aromatic rings. The van der Waals surface area contributed by atoms with E-state index >= 15 is 0 Å². The molecular weight excluding hydrogens is 376 g/mol. The molecule has 0 bridgehead atoms. The van der Waals surface area contributed by atoms with E-state index in [0.29, 0.717) is 21.3 Å². The molecule has 1 saturated carbocycles. The number of hydrogen-bond donors (Lipinski definition) is 0. The average molecular weight is 397 g/mol. The summed E-state index contributed by atoms with van der Waals surface area (Å²) in [6.07, 6.45) is 4.95. The van der Waals surface area contributed by atoms with Gasteiger partial charge in [-0.15, -0.1) is 0 Å². The molecule has 1 aliphatic carbocycles. The van der Waals surface area contributed by atoms with Crippen molar-refractivity contribution in [1.29, 1.82) is 0 Å². The molecular formula is C22H21ClN2OS. The van der Waals surface area contributed by atoms with Gasteiger partial charge in [0.15, 0.2) is 0 Å². The van der Waals surface area contributed by atoms with Crippen molar-refractivity contribution in [2.24, 2.45) is 4.99 Å². The molecule has 0 N–H and O–H groups in total. The van der Waals surface area contributed by atoms with E-state index in [1.807, 2.05) is 55.5 Å². The fraction of sp³-hybridized carbons (Fsp3) is 0.318. The Morgan fingerprint density at radius 3 is 2.56 bits per heavy atom. The summed E-state index contributed by atoms with van der Waals surface area (Å²) in [6, 6.07) is 15.2. The summed E-state index contributed by atoms with van der Waals surface area (Å²) in [5, 5.41) is 0.638. The number of carbonyl (C=O) groups is 1.